The number of carbonyl (C=O) groups is 2. The number of allylic oxidation sites excluding steroid dienone is 4. The van der Waals surface area contributed by atoms with Gasteiger partial charge in [0.2, 0.25) is 5.75 Å². The Labute approximate surface area is 189 Å². The van der Waals surface area contributed by atoms with E-state index in [0.717, 1.165) is 5.56 Å². The van der Waals surface area contributed by atoms with Gasteiger partial charge in [-0.05, 0) is 16.9 Å². The Morgan fingerprint density at radius 3 is 1.69 bits per heavy atom. The molecule has 4 rings (SSSR count). The minimum atomic E-state index is -0.546. The second kappa shape index (κ2) is 7.68. The van der Waals surface area contributed by atoms with Crippen LogP contribution in [0.2, 0.25) is 0 Å². The van der Waals surface area contributed by atoms with Gasteiger partial charge < -0.3 is 18.9 Å². The van der Waals surface area contributed by atoms with E-state index in [2.05, 4.69) is 27.7 Å². The summed E-state index contributed by atoms with van der Waals surface area (Å²) in [5.41, 5.74) is 1.46. The average Bonchev–Trinajstić information content (AvgIpc) is 2.68. The molecule has 1 aromatic rings. The summed E-state index contributed by atoms with van der Waals surface area (Å²) < 4.78 is 23.2. The summed E-state index contributed by atoms with van der Waals surface area (Å²) in [6.07, 6.45) is 2.10. The summed E-state index contributed by atoms with van der Waals surface area (Å²) in [5, 5.41) is 0. The zero-order valence-corrected chi connectivity index (χ0v) is 20.0. The maximum atomic E-state index is 13.4. The average molecular weight is 441 g/mol. The fourth-order valence-corrected chi connectivity index (χ4v) is 5.34. The lowest BCUT2D eigenvalue weighted by Gasteiger charge is -2.43. The predicted molar refractivity (Wildman–Crippen MR) is 120 cm³/mol. The Kier molecular flexibility index (Phi) is 5.38. The van der Waals surface area contributed by atoms with Crippen LogP contribution in [0.4, 0.5) is 0 Å². The number of ether oxygens (including phenoxy) is 4. The molecule has 0 aromatic heterocycles. The Bertz CT molecular complexity index is 1000. The molecule has 1 heterocycles. The fraction of sp³-hybridized carbons (Fsp3) is 0.538. The smallest absolute Gasteiger partial charge is 0.203 e. The molecule has 0 saturated heterocycles. The van der Waals surface area contributed by atoms with E-state index in [-0.39, 0.29) is 22.4 Å². The fourth-order valence-electron chi connectivity index (χ4n) is 5.34. The van der Waals surface area contributed by atoms with E-state index < -0.39 is 5.92 Å². The zero-order valence-electron chi connectivity index (χ0n) is 20.0. The standard InChI is InChI=1S/C26H32O6/c1-25(2)10-15(27)21-18(12-25)32-19-13-26(3,4)11-16(28)22(19)20(21)14-8-9-17(29-5)24(31-7)23(14)30-6/h8-9,20H,10-13H2,1-7H3. The SMILES string of the molecule is COc1ccc(C2C3=C(CC(C)(C)CC3=O)OC3=C2C(=O)CC(C)(C)C3)c(OC)c1OC. The number of benzene rings is 1. The molecule has 2 aliphatic carbocycles. The van der Waals surface area contributed by atoms with Crippen LogP contribution in [0.1, 0.15) is 64.9 Å². The third-order valence-electron chi connectivity index (χ3n) is 6.63. The highest BCUT2D eigenvalue weighted by molar-refractivity contribution is 6.06. The number of rotatable bonds is 4. The van der Waals surface area contributed by atoms with Gasteiger partial charge >= 0.3 is 0 Å². The predicted octanol–water partition coefficient (Wildman–Crippen LogP) is 5.11. The molecule has 0 radical (unpaired) electrons. The number of ketones is 2. The first-order valence-corrected chi connectivity index (χ1v) is 11.0. The lowest BCUT2D eigenvalue weighted by Crippen LogP contribution is -2.37. The number of carbonyl (C=O) groups excluding carboxylic acids is 2. The molecule has 32 heavy (non-hydrogen) atoms. The summed E-state index contributed by atoms with van der Waals surface area (Å²) in [6.45, 7) is 8.29. The maximum absolute atomic E-state index is 13.4. The molecule has 3 aliphatic rings. The minimum Gasteiger partial charge on any atom is -0.493 e. The van der Waals surface area contributed by atoms with Crippen LogP contribution in [0.3, 0.4) is 0 Å². The van der Waals surface area contributed by atoms with Gasteiger partial charge in [0.25, 0.3) is 0 Å². The van der Waals surface area contributed by atoms with Crippen molar-refractivity contribution in [2.24, 2.45) is 10.8 Å². The molecule has 1 aromatic carbocycles. The molecule has 6 heteroatoms. The van der Waals surface area contributed by atoms with Crippen molar-refractivity contribution in [1.29, 1.82) is 0 Å². The lowest BCUT2D eigenvalue weighted by molar-refractivity contribution is -0.120. The van der Waals surface area contributed by atoms with Crippen LogP contribution < -0.4 is 14.2 Å². The summed E-state index contributed by atoms with van der Waals surface area (Å²) >= 11 is 0. The van der Waals surface area contributed by atoms with Gasteiger partial charge in [-0.25, -0.2) is 0 Å². The molecule has 0 N–H and O–H groups in total. The van der Waals surface area contributed by atoms with Gasteiger partial charge in [-0.15, -0.1) is 0 Å². The normalized spacial score (nSPS) is 22.2. The van der Waals surface area contributed by atoms with Gasteiger partial charge in [0, 0.05) is 42.4 Å². The van der Waals surface area contributed by atoms with Crippen molar-refractivity contribution in [3.8, 4) is 17.2 Å². The first kappa shape index (κ1) is 22.4. The molecule has 0 bridgehead atoms. The van der Waals surface area contributed by atoms with Gasteiger partial charge in [0.15, 0.2) is 23.1 Å². The van der Waals surface area contributed by atoms with Crippen LogP contribution in [0.25, 0.3) is 0 Å². The lowest BCUT2D eigenvalue weighted by atomic mass is 9.65. The molecular weight excluding hydrogens is 408 g/mol. The van der Waals surface area contributed by atoms with Crippen LogP contribution in [0.15, 0.2) is 34.8 Å². The van der Waals surface area contributed by atoms with Crippen LogP contribution in [0, 0.1) is 10.8 Å². The van der Waals surface area contributed by atoms with Gasteiger partial charge in [-0.1, -0.05) is 33.8 Å². The van der Waals surface area contributed by atoms with Gasteiger partial charge in [0.05, 0.1) is 27.2 Å². The molecule has 1 aliphatic heterocycles. The molecule has 0 atom stereocenters. The quantitative estimate of drug-likeness (QED) is 0.648. The molecular formula is C26H32O6. The van der Waals surface area contributed by atoms with Gasteiger partial charge in [-0.2, -0.15) is 0 Å². The van der Waals surface area contributed by atoms with E-state index in [9.17, 15) is 9.59 Å². The molecule has 6 nitrogen and oxygen atoms in total. The summed E-state index contributed by atoms with van der Waals surface area (Å²) in [6, 6.07) is 3.66. The largest absolute Gasteiger partial charge is 0.493 e. The van der Waals surface area contributed by atoms with E-state index in [1.54, 1.807) is 27.4 Å². The van der Waals surface area contributed by atoms with Crippen LogP contribution in [-0.2, 0) is 14.3 Å². The first-order valence-electron chi connectivity index (χ1n) is 11.0. The second-order valence-electron chi connectivity index (χ2n) is 10.5. The van der Waals surface area contributed by atoms with Crippen molar-refractivity contribution in [3.63, 3.8) is 0 Å². The number of Topliss-reactive ketones (excluding diaryl/α,β-unsaturated/α-hetero) is 2. The second-order valence-corrected chi connectivity index (χ2v) is 10.5. The monoisotopic (exact) mass is 440 g/mol. The maximum Gasteiger partial charge on any atom is 0.203 e. The molecule has 0 unspecified atom stereocenters. The van der Waals surface area contributed by atoms with Crippen molar-refractivity contribution in [1.82, 2.24) is 0 Å². The van der Waals surface area contributed by atoms with E-state index in [1.165, 1.54) is 0 Å². The molecule has 0 fully saturated rings. The Morgan fingerprint density at radius 1 is 0.750 bits per heavy atom. The first-order chi connectivity index (χ1) is 15.0. The Balaban J connectivity index is 1.99. The topological polar surface area (TPSA) is 71.1 Å². The van der Waals surface area contributed by atoms with Crippen LogP contribution in [-0.4, -0.2) is 32.9 Å². The Hall–Kier alpha value is -2.76. The van der Waals surface area contributed by atoms with Crippen molar-refractivity contribution in [3.05, 3.63) is 40.4 Å². The zero-order chi connectivity index (χ0) is 23.4. The van der Waals surface area contributed by atoms with Crippen LogP contribution in [0.5, 0.6) is 17.2 Å². The van der Waals surface area contributed by atoms with Crippen LogP contribution >= 0.6 is 0 Å². The Morgan fingerprint density at radius 2 is 1.25 bits per heavy atom. The van der Waals surface area contributed by atoms with Gasteiger partial charge in [0.1, 0.15) is 11.5 Å². The third-order valence-corrected chi connectivity index (χ3v) is 6.63. The molecule has 0 saturated carbocycles. The highest BCUT2D eigenvalue weighted by Gasteiger charge is 2.48. The molecule has 0 amide bonds. The van der Waals surface area contributed by atoms with E-state index in [1.807, 2.05) is 6.07 Å². The van der Waals surface area contributed by atoms with Gasteiger partial charge in [-0.3, -0.25) is 9.59 Å². The van der Waals surface area contributed by atoms with Crippen molar-refractivity contribution < 1.29 is 28.5 Å². The number of hydrogen-bond acceptors (Lipinski definition) is 6. The summed E-state index contributed by atoms with van der Waals surface area (Å²) in [4.78, 5) is 26.9. The van der Waals surface area contributed by atoms with E-state index in [0.29, 0.717) is 65.6 Å². The van der Waals surface area contributed by atoms with Crippen molar-refractivity contribution >= 4 is 11.6 Å². The van der Waals surface area contributed by atoms with E-state index >= 15 is 0 Å². The minimum absolute atomic E-state index is 0.0160. The summed E-state index contributed by atoms with van der Waals surface area (Å²) in [7, 11) is 4.67. The highest BCUT2D eigenvalue weighted by atomic mass is 16.5. The van der Waals surface area contributed by atoms with Crippen molar-refractivity contribution in [2.75, 3.05) is 21.3 Å². The van der Waals surface area contributed by atoms with E-state index in [4.69, 9.17) is 18.9 Å². The number of methoxy groups -OCH3 is 3. The highest BCUT2D eigenvalue weighted by Crippen LogP contribution is 2.56. The molecule has 172 valence electrons. The van der Waals surface area contributed by atoms with Crippen molar-refractivity contribution in [2.45, 2.75) is 59.3 Å². The molecule has 0 spiro atoms. The summed E-state index contributed by atoms with van der Waals surface area (Å²) in [5.74, 6) is 2.27. The third kappa shape index (κ3) is 3.59. The number of hydrogen-bond donors (Lipinski definition) is 0.